The van der Waals surface area contributed by atoms with Crippen LogP contribution in [0, 0.1) is 5.41 Å². The molecule has 1 aromatic carbocycles. The Hall–Kier alpha value is -0.860. The Balaban J connectivity index is 1.82. The van der Waals surface area contributed by atoms with Crippen molar-refractivity contribution in [3.05, 3.63) is 35.9 Å². The van der Waals surface area contributed by atoms with Crippen molar-refractivity contribution in [1.29, 1.82) is 0 Å². The van der Waals surface area contributed by atoms with Crippen LogP contribution in [0.3, 0.4) is 0 Å². The third kappa shape index (κ3) is 5.44. The van der Waals surface area contributed by atoms with Crippen LogP contribution in [0.25, 0.3) is 0 Å². The second kappa shape index (κ2) is 7.95. The molecule has 2 rings (SSSR count). The molecule has 0 bridgehead atoms. The third-order valence-corrected chi connectivity index (χ3v) is 4.78. The SMILES string of the molecule is CC(C)NCC1(CN(C)CCc2ccccc2)CCCC1. The Morgan fingerprint density at radius 2 is 1.81 bits per heavy atom. The van der Waals surface area contributed by atoms with Gasteiger partial charge in [0.05, 0.1) is 0 Å². The largest absolute Gasteiger partial charge is 0.314 e. The lowest BCUT2D eigenvalue weighted by molar-refractivity contribution is 0.170. The van der Waals surface area contributed by atoms with Crippen LogP contribution in [0.2, 0.25) is 0 Å². The molecule has 0 saturated heterocycles. The van der Waals surface area contributed by atoms with Crippen LogP contribution in [0.5, 0.6) is 0 Å². The lowest BCUT2D eigenvalue weighted by Crippen LogP contribution is -2.43. The third-order valence-electron chi connectivity index (χ3n) is 4.78. The molecule has 1 saturated carbocycles. The van der Waals surface area contributed by atoms with Crippen LogP contribution < -0.4 is 5.32 Å². The van der Waals surface area contributed by atoms with E-state index in [2.05, 4.69) is 61.4 Å². The standard InChI is InChI=1S/C19H32N2/c1-17(2)20-15-19(12-7-8-13-19)16-21(3)14-11-18-9-5-4-6-10-18/h4-6,9-10,17,20H,7-8,11-16H2,1-3H3. The van der Waals surface area contributed by atoms with Crippen molar-refractivity contribution in [2.24, 2.45) is 5.41 Å². The average molecular weight is 288 g/mol. The first kappa shape index (κ1) is 16.5. The second-order valence-electron chi connectivity index (χ2n) is 7.22. The van der Waals surface area contributed by atoms with Crippen molar-refractivity contribution < 1.29 is 0 Å². The maximum atomic E-state index is 3.68. The van der Waals surface area contributed by atoms with E-state index in [0.717, 1.165) is 13.0 Å². The average Bonchev–Trinajstić information content (AvgIpc) is 2.93. The molecule has 1 N–H and O–H groups in total. The Morgan fingerprint density at radius 1 is 1.14 bits per heavy atom. The molecule has 1 aliphatic carbocycles. The molecule has 118 valence electrons. The van der Waals surface area contributed by atoms with Gasteiger partial charge in [0.2, 0.25) is 0 Å². The van der Waals surface area contributed by atoms with Crippen LogP contribution in [-0.2, 0) is 6.42 Å². The van der Waals surface area contributed by atoms with Gasteiger partial charge in [-0.1, -0.05) is 57.0 Å². The minimum Gasteiger partial charge on any atom is -0.314 e. The van der Waals surface area contributed by atoms with Crippen molar-refractivity contribution in [3.63, 3.8) is 0 Å². The maximum absolute atomic E-state index is 3.68. The van der Waals surface area contributed by atoms with E-state index in [1.54, 1.807) is 0 Å². The number of hydrogen-bond acceptors (Lipinski definition) is 2. The molecule has 0 heterocycles. The smallest absolute Gasteiger partial charge is 0.00472 e. The minimum atomic E-state index is 0.510. The van der Waals surface area contributed by atoms with E-state index in [0.29, 0.717) is 11.5 Å². The molecule has 0 atom stereocenters. The summed E-state index contributed by atoms with van der Waals surface area (Å²) in [4.78, 5) is 2.54. The lowest BCUT2D eigenvalue weighted by Gasteiger charge is -2.34. The molecular weight excluding hydrogens is 256 g/mol. The Kier molecular flexibility index (Phi) is 6.25. The Morgan fingerprint density at radius 3 is 2.43 bits per heavy atom. The van der Waals surface area contributed by atoms with E-state index < -0.39 is 0 Å². The molecule has 0 amide bonds. The maximum Gasteiger partial charge on any atom is 0.00472 e. The zero-order valence-electron chi connectivity index (χ0n) is 14.1. The summed E-state index contributed by atoms with van der Waals surface area (Å²) in [5.41, 5.74) is 1.96. The molecule has 0 aromatic heterocycles. The van der Waals surface area contributed by atoms with Crippen molar-refractivity contribution >= 4 is 0 Å². The summed E-state index contributed by atoms with van der Waals surface area (Å²) >= 11 is 0. The quantitative estimate of drug-likeness (QED) is 0.784. The highest BCUT2D eigenvalue weighted by molar-refractivity contribution is 5.14. The molecule has 0 aliphatic heterocycles. The van der Waals surface area contributed by atoms with Gasteiger partial charge in [0.15, 0.2) is 0 Å². The highest BCUT2D eigenvalue weighted by Crippen LogP contribution is 2.38. The van der Waals surface area contributed by atoms with Crippen molar-refractivity contribution in [3.8, 4) is 0 Å². The van der Waals surface area contributed by atoms with Gasteiger partial charge in [-0.2, -0.15) is 0 Å². The van der Waals surface area contributed by atoms with Crippen molar-refractivity contribution in [2.45, 2.75) is 52.0 Å². The predicted molar refractivity (Wildman–Crippen MR) is 91.7 cm³/mol. The van der Waals surface area contributed by atoms with Crippen LogP contribution >= 0.6 is 0 Å². The van der Waals surface area contributed by atoms with Gasteiger partial charge in [-0.05, 0) is 37.3 Å². The van der Waals surface area contributed by atoms with Gasteiger partial charge in [-0.15, -0.1) is 0 Å². The van der Waals surface area contributed by atoms with Gasteiger partial charge in [0.25, 0.3) is 0 Å². The monoisotopic (exact) mass is 288 g/mol. The zero-order valence-corrected chi connectivity index (χ0v) is 14.1. The van der Waals surface area contributed by atoms with Gasteiger partial charge in [-0.25, -0.2) is 0 Å². The highest BCUT2D eigenvalue weighted by Gasteiger charge is 2.34. The molecule has 1 aliphatic rings. The van der Waals surface area contributed by atoms with E-state index in [1.807, 2.05) is 0 Å². The van der Waals surface area contributed by atoms with Crippen LogP contribution in [-0.4, -0.2) is 37.6 Å². The Bertz CT molecular complexity index is 393. The molecule has 0 radical (unpaired) electrons. The molecular formula is C19H32N2. The summed E-state index contributed by atoms with van der Waals surface area (Å²) in [6.07, 6.45) is 6.76. The highest BCUT2D eigenvalue weighted by atomic mass is 15.1. The summed E-state index contributed by atoms with van der Waals surface area (Å²) in [5, 5.41) is 3.68. The first-order chi connectivity index (χ1) is 10.1. The summed E-state index contributed by atoms with van der Waals surface area (Å²) in [5.74, 6) is 0. The van der Waals surface area contributed by atoms with Crippen LogP contribution in [0.15, 0.2) is 30.3 Å². The van der Waals surface area contributed by atoms with E-state index in [9.17, 15) is 0 Å². The molecule has 2 heteroatoms. The number of rotatable bonds is 8. The van der Waals surface area contributed by atoms with Gasteiger partial charge < -0.3 is 10.2 Å². The van der Waals surface area contributed by atoms with E-state index in [1.165, 1.54) is 44.3 Å². The molecule has 0 unspecified atom stereocenters. The first-order valence-corrected chi connectivity index (χ1v) is 8.56. The predicted octanol–water partition coefficient (Wildman–Crippen LogP) is 3.72. The van der Waals surface area contributed by atoms with E-state index in [-0.39, 0.29) is 0 Å². The minimum absolute atomic E-state index is 0.510. The van der Waals surface area contributed by atoms with Crippen LogP contribution in [0.1, 0.15) is 45.1 Å². The molecule has 2 nitrogen and oxygen atoms in total. The van der Waals surface area contributed by atoms with E-state index >= 15 is 0 Å². The summed E-state index contributed by atoms with van der Waals surface area (Å²) < 4.78 is 0. The van der Waals surface area contributed by atoms with Crippen molar-refractivity contribution in [2.75, 3.05) is 26.7 Å². The summed E-state index contributed by atoms with van der Waals surface area (Å²) in [6, 6.07) is 11.4. The fourth-order valence-corrected chi connectivity index (χ4v) is 3.55. The molecule has 0 spiro atoms. The number of likely N-dealkylation sites (N-methyl/N-ethyl adjacent to an activating group) is 1. The zero-order chi connectivity index (χ0) is 15.1. The number of nitrogens with zero attached hydrogens (tertiary/aromatic N) is 1. The summed E-state index contributed by atoms with van der Waals surface area (Å²) in [7, 11) is 2.29. The number of hydrogen-bond donors (Lipinski definition) is 1. The lowest BCUT2D eigenvalue weighted by atomic mass is 9.85. The van der Waals surface area contributed by atoms with Gasteiger partial charge in [0.1, 0.15) is 0 Å². The molecule has 1 aromatic rings. The van der Waals surface area contributed by atoms with Crippen molar-refractivity contribution in [1.82, 2.24) is 10.2 Å². The van der Waals surface area contributed by atoms with Crippen LogP contribution in [0.4, 0.5) is 0 Å². The number of nitrogens with one attached hydrogen (secondary N) is 1. The topological polar surface area (TPSA) is 15.3 Å². The van der Waals surface area contributed by atoms with E-state index in [4.69, 9.17) is 0 Å². The fraction of sp³-hybridized carbons (Fsp3) is 0.684. The fourth-order valence-electron chi connectivity index (χ4n) is 3.55. The van der Waals surface area contributed by atoms with Gasteiger partial charge in [0, 0.05) is 25.7 Å². The molecule has 1 fully saturated rings. The summed E-state index contributed by atoms with van der Waals surface area (Å²) in [6.45, 7) is 8.08. The van der Waals surface area contributed by atoms with Gasteiger partial charge in [-0.3, -0.25) is 0 Å². The number of benzene rings is 1. The first-order valence-electron chi connectivity index (χ1n) is 8.56. The Labute approximate surface area is 130 Å². The molecule has 21 heavy (non-hydrogen) atoms. The second-order valence-corrected chi connectivity index (χ2v) is 7.22. The van der Waals surface area contributed by atoms with Gasteiger partial charge >= 0.3 is 0 Å². The normalized spacial score (nSPS) is 17.8.